The minimum atomic E-state index is -0.967. The lowest BCUT2D eigenvalue weighted by atomic mass is 9.81. The van der Waals surface area contributed by atoms with Gasteiger partial charge in [0, 0.05) is 13.1 Å². The smallest absolute Gasteiger partial charge is 0.407 e. The molecule has 3 amide bonds. The topological polar surface area (TPSA) is 130 Å². The van der Waals surface area contributed by atoms with E-state index >= 15 is 0 Å². The molecule has 1 aliphatic heterocycles. The number of hydrogen-bond donors (Lipinski definition) is 3. The van der Waals surface area contributed by atoms with Gasteiger partial charge in [-0.1, -0.05) is 35.3 Å². The zero-order valence-electron chi connectivity index (χ0n) is 21.7. The number of ether oxygens (including phenoxy) is 2. The molecule has 206 valence electrons. The Labute approximate surface area is 231 Å². The maximum absolute atomic E-state index is 13.5. The van der Waals surface area contributed by atoms with Crippen LogP contribution in [-0.2, 0) is 26.3 Å². The number of amides is 3. The summed E-state index contributed by atoms with van der Waals surface area (Å²) in [4.78, 5) is 43.3. The quantitative estimate of drug-likeness (QED) is 0.235. The molecule has 1 fully saturated rings. The van der Waals surface area contributed by atoms with Crippen LogP contribution < -0.4 is 15.5 Å². The molecule has 0 radical (unpaired) electrons. The molecule has 38 heavy (non-hydrogen) atoms. The van der Waals surface area contributed by atoms with E-state index in [9.17, 15) is 19.6 Å². The molecule has 0 spiro atoms. The number of hydrogen-bond acceptors (Lipinski definition) is 7. The molecular formula is C26H32Cl2N4O6. The monoisotopic (exact) mass is 566 g/mol. The highest BCUT2D eigenvalue weighted by atomic mass is 35.5. The van der Waals surface area contributed by atoms with Gasteiger partial charge < -0.3 is 19.7 Å². The van der Waals surface area contributed by atoms with Crippen molar-refractivity contribution in [3.63, 3.8) is 0 Å². The summed E-state index contributed by atoms with van der Waals surface area (Å²) in [6.45, 7) is 7.66. The molecular weight excluding hydrogens is 535 g/mol. The molecule has 3 rings (SSSR count). The van der Waals surface area contributed by atoms with E-state index in [1.807, 2.05) is 19.1 Å². The van der Waals surface area contributed by atoms with Crippen LogP contribution in [0.1, 0.15) is 51.7 Å². The van der Waals surface area contributed by atoms with Crippen LogP contribution in [0.5, 0.6) is 5.75 Å². The van der Waals surface area contributed by atoms with Gasteiger partial charge in [-0.15, -0.1) is 0 Å². The van der Waals surface area contributed by atoms with Crippen molar-refractivity contribution in [2.45, 2.75) is 64.2 Å². The second kappa shape index (κ2) is 12.2. The number of alkyl carbamates (subject to hydrolysis) is 1. The molecule has 1 aliphatic rings. The van der Waals surface area contributed by atoms with E-state index in [4.69, 9.17) is 32.7 Å². The van der Waals surface area contributed by atoms with Crippen LogP contribution in [0, 0.1) is 0 Å². The van der Waals surface area contributed by atoms with Crippen molar-refractivity contribution in [1.29, 1.82) is 0 Å². The van der Waals surface area contributed by atoms with Gasteiger partial charge in [-0.3, -0.25) is 14.8 Å². The first-order valence-corrected chi connectivity index (χ1v) is 12.8. The first kappa shape index (κ1) is 29.5. The molecule has 2 atom stereocenters. The Kier molecular flexibility index (Phi) is 9.45. The third kappa shape index (κ3) is 7.49. The molecule has 2 unspecified atom stereocenters. The first-order valence-electron chi connectivity index (χ1n) is 12.1. The van der Waals surface area contributed by atoms with Gasteiger partial charge >= 0.3 is 6.09 Å². The second-order valence-electron chi connectivity index (χ2n) is 10.2. The zero-order valence-corrected chi connectivity index (χ0v) is 23.2. The third-order valence-corrected chi connectivity index (χ3v) is 6.57. The van der Waals surface area contributed by atoms with E-state index in [0.29, 0.717) is 18.7 Å². The van der Waals surface area contributed by atoms with Gasteiger partial charge in [-0.25, -0.2) is 15.3 Å². The Hall–Kier alpha value is -3.08. The number of likely N-dealkylation sites (tertiary alicyclic amines) is 1. The fourth-order valence-corrected chi connectivity index (χ4v) is 4.75. The number of hydroxylamine groups is 1. The minimum Gasteiger partial charge on any atom is -0.489 e. The Morgan fingerprint density at radius 2 is 1.82 bits per heavy atom. The zero-order chi connectivity index (χ0) is 28.1. The molecule has 1 saturated heterocycles. The van der Waals surface area contributed by atoms with E-state index in [-0.39, 0.29) is 35.8 Å². The van der Waals surface area contributed by atoms with E-state index in [2.05, 4.69) is 10.3 Å². The predicted octanol–water partition coefficient (Wildman–Crippen LogP) is 4.25. The average Bonchev–Trinajstić information content (AvgIpc) is 3.14. The number of halogens is 2. The van der Waals surface area contributed by atoms with E-state index in [1.165, 1.54) is 4.90 Å². The van der Waals surface area contributed by atoms with Gasteiger partial charge in [0.2, 0.25) is 5.91 Å². The number of nitrogens with zero attached hydrogens (tertiary/aromatic N) is 2. The summed E-state index contributed by atoms with van der Waals surface area (Å²) in [5, 5.41) is 12.4. The van der Waals surface area contributed by atoms with Gasteiger partial charge in [0.15, 0.2) is 0 Å². The van der Waals surface area contributed by atoms with Crippen LogP contribution in [0.3, 0.4) is 0 Å². The SMILES string of the molecule is CC(C)(C)OC(=O)NCCC(C(=O)NO)N1CCC(C)(c2ccc(OCc3cc(Cl)nc(Cl)c3)cc2)C1=O. The van der Waals surface area contributed by atoms with Gasteiger partial charge in [-0.2, -0.15) is 0 Å². The average molecular weight is 567 g/mol. The molecule has 2 aromatic rings. The lowest BCUT2D eigenvalue weighted by Crippen LogP contribution is -2.50. The number of benzene rings is 1. The third-order valence-electron chi connectivity index (χ3n) is 6.18. The van der Waals surface area contributed by atoms with Crippen molar-refractivity contribution in [3.8, 4) is 5.75 Å². The maximum Gasteiger partial charge on any atom is 0.407 e. The number of pyridine rings is 1. The summed E-state index contributed by atoms with van der Waals surface area (Å²) in [5.74, 6) is -0.388. The molecule has 0 aliphatic carbocycles. The largest absolute Gasteiger partial charge is 0.489 e. The highest BCUT2D eigenvalue weighted by Gasteiger charge is 2.47. The standard InChI is InChI=1S/C26H32Cl2N4O6/c1-25(2,3)38-24(35)29-11-9-19(22(33)31-36)32-12-10-26(4,23(32)34)17-5-7-18(8-6-17)37-15-16-13-20(27)30-21(28)14-16/h5-8,13-14,19,36H,9-12,15H2,1-4H3,(H,29,35)(H,31,33). The highest BCUT2D eigenvalue weighted by Crippen LogP contribution is 2.37. The van der Waals surface area contributed by atoms with Crippen molar-refractivity contribution in [1.82, 2.24) is 20.7 Å². The van der Waals surface area contributed by atoms with Crippen LogP contribution in [0.2, 0.25) is 10.3 Å². The molecule has 1 aromatic heterocycles. The van der Waals surface area contributed by atoms with Gasteiger partial charge in [-0.05, 0) is 75.9 Å². The van der Waals surface area contributed by atoms with Gasteiger partial charge in [0.05, 0.1) is 5.41 Å². The van der Waals surface area contributed by atoms with Crippen LogP contribution in [0.4, 0.5) is 4.79 Å². The molecule has 10 nitrogen and oxygen atoms in total. The second-order valence-corrected chi connectivity index (χ2v) is 11.0. The summed E-state index contributed by atoms with van der Waals surface area (Å²) in [7, 11) is 0. The summed E-state index contributed by atoms with van der Waals surface area (Å²) >= 11 is 11.9. The highest BCUT2D eigenvalue weighted by molar-refractivity contribution is 6.32. The Bertz CT molecular complexity index is 1150. The van der Waals surface area contributed by atoms with Crippen molar-refractivity contribution in [3.05, 3.63) is 57.8 Å². The molecule has 3 N–H and O–H groups in total. The summed E-state index contributed by atoms with van der Waals surface area (Å²) in [6.07, 6.45) is -0.0615. The Balaban J connectivity index is 1.65. The lowest BCUT2D eigenvalue weighted by molar-refractivity contribution is -0.144. The molecule has 0 saturated carbocycles. The van der Waals surface area contributed by atoms with Crippen LogP contribution in [0.25, 0.3) is 0 Å². The van der Waals surface area contributed by atoms with E-state index in [0.717, 1.165) is 11.1 Å². The number of nitrogens with one attached hydrogen (secondary N) is 2. The number of aromatic nitrogens is 1. The van der Waals surface area contributed by atoms with E-state index < -0.39 is 29.1 Å². The van der Waals surface area contributed by atoms with Crippen molar-refractivity contribution in [2.75, 3.05) is 13.1 Å². The van der Waals surface area contributed by atoms with Crippen LogP contribution >= 0.6 is 23.2 Å². The molecule has 0 bridgehead atoms. The maximum atomic E-state index is 13.5. The van der Waals surface area contributed by atoms with Gasteiger partial charge in [0.1, 0.15) is 34.3 Å². The molecule has 2 heterocycles. The fraction of sp³-hybridized carbons (Fsp3) is 0.462. The summed E-state index contributed by atoms with van der Waals surface area (Å²) in [5.41, 5.74) is 1.62. The van der Waals surface area contributed by atoms with Crippen molar-refractivity contribution >= 4 is 41.1 Å². The van der Waals surface area contributed by atoms with Crippen LogP contribution in [0.15, 0.2) is 36.4 Å². The number of carbonyl (C=O) groups is 3. The normalized spacial score (nSPS) is 18.2. The first-order chi connectivity index (χ1) is 17.8. The molecule has 1 aromatic carbocycles. The minimum absolute atomic E-state index is 0.0768. The molecule has 12 heteroatoms. The summed E-state index contributed by atoms with van der Waals surface area (Å²) in [6, 6.07) is 9.52. The number of rotatable bonds is 9. The van der Waals surface area contributed by atoms with Crippen molar-refractivity contribution in [2.24, 2.45) is 0 Å². The Morgan fingerprint density at radius 3 is 2.39 bits per heavy atom. The lowest BCUT2D eigenvalue weighted by Gasteiger charge is -2.29. The van der Waals surface area contributed by atoms with Gasteiger partial charge in [0.25, 0.3) is 5.91 Å². The van der Waals surface area contributed by atoms with Crippen LogP contribution in [-0.4, -0.2) is 57.7 Å². The Morgan fingerprint density at radius 1 is 1.18 bits per heavy atom. The number of carbonyl (C=O) groups excluding carboxylic acids is 3. The summed E-state index contributed by atoms with van der Waals surface area (Å²) < 4.78 is 11.0. The van der Waals surface area contributed by atoms with E-state index in [1.54, 1.807) is 50.5 Å². The predicted molar refractivity (Wildman–Crippen MR) is 141 cm³/mol. The fourth-order valence-electron chi connectivity index (χ4n) is 4.25. The van der Waals surface area contributed by atoms with Crippen molar-refractivity contribution < 1.29 is 29.1 Å².